The van der Waals surface area contributed by atoms with Crippen molar-refractivity contribution in [3.05, 3.63) is 59.0 Å². The average molecular weight is 649 g/mol. The van der Waals surface area contributed by atoms with Crippen molar-refractivity contribution in [2.75, 3.05) is 24.4 Å². The number of aryl methyl sites for hydroxylation is 1. The molecule has 46 heavy (non-hydrogen) atoms. The number of phenolic OH excluding ortho intramolecular Hbond substituents is 1. The van der Waals surface area contributed by atoms with Crippen LogP contribution in [0.25, 0.3) is 16.5 Å². The molecule has 3 heterocycles. The predicted molar refractivity (Wildman–Crippen MR) is 178 cm³/mol. The predicted octanol–water partition coefficient (Wildman–Crippen LogP) is 4.84. The van der Waals surface area contributed by atoms with Crippen LogP contribution in [0.4, 0.5) is 10.1 Å². The molecule has 1 saturated carbocycles. The molecule has 2 fully saturated rings. The lowest BCUT2D eigenvalue weighted by molar-refractivity contribution is -0.121. The highest BCUT2D eigenvalue weighted by Crippen LogP contribution is 2.41. The lowest BCUT2D eigenvalue weighted by Crippen LogP contribution is -2.24. The highest BCUT2D eigenvalue weighted by atomic mass is 32.2. The number of nitrogens with one attached hydrogen (secondary N) is 3. The third kappa shape index (κ3) is 6.64. The fourth-order valence-electron chi connectivity index (χ4n) is 7.15. The van der Waals surface area contributed by atoms with E-state index in [9.17, 15) is 19.5 Å². The van der Waals surface area contributed by atoms with Crippen molar-refractivity contribution in [2.45, 2.75) is 69.2 Å². The number of aldehydes is 1. The number of phenols is 1. The topological polar surface area (TPSA) is 129 Å². The van der Waals surface area contributed by atoms with Crippen molar-refractivity contribution < 1.29 is 23.9 Å². The van der Waals surface area contributed by atoms with Gasteiger partial charge in [-0.2, -0.15) is 5.10 Å². The van der Waals surface area contributed by atoms with Gasteiger partial charge in [-0.05, 0) is 86.1 Å². The van der Waals surface area contributed by atoms with Crippen LogP contribution in [0.1, 0.15) is 80.0 Å². The van der Waals surface area contributed by atoms with Crippen molar-refractivity contribution >= 4 is 52.4 Å². The van der Waals surface area contributed by atoms with Gasteiger partial charge < -0.3 is 20.5 Å². The smallest absolute Gasteiger partial charge is 0.251 e. The molecule has 10 nitrogen and oxygen atoms in total. The molecule has 0 bridgehead atoms. The van der Waals surface area contributed by atoms with E-state index in [1.165, 1.54) is 15.9 Å². The minimum absolute atomic E-state index is 0.0110. The van der Waals surface area contributed by atoms with Crippen LogP contribution in [-0.4, -0.2) is 59.2 Å². The Hall–Kier alpha value is -3.90. The molecule has 2 amide bonds. The van der Waals surface area contributed by atoms with Crippen LogP contribution >= 0.6 is 12.1 Å². The molecule has 0 spiro atoms. The van der Waals surface area contributed by atoms with Crippen molar-refractivity contribution in [2.24, 2.45) is 13.0 Å². The van der Waals surface area contributed by atoms with Crippen LogP contribution in [0.2, 0.25) is 0 Å². The number of carbonyl (C=O) groups excluding carboxylic acids is 3. The summed E-state index contributed by atoms with van der Waals surface area (Å²) in [6, 6.07) is 9.76. The zero-order valence-electron chi connectivity index (χ0n) is 26.2. The van der Waals surface area contributed by atoms with Crippen LogP contribution in [0.5, 0.6) is 5.75 Å². The normalized spacial score (nSPS) is 22.2. The number of anilines is 1. The number of benzene rings is 2. The number of fused-ring (bicyclic) bond motifs is 1. The van der Waals surface area contributed by atoms with E-state index in [2.05, 4.69) is 44.7 Å². The highest BCUT2D eigenvalue weighted by Gasteiger charge is 2.30. The van der Waals surface area contributed by atoms with E-state index in [0.29, 0.717) is 30.4 Å². The SMILES string of the molecule is CNC(=O)CCC(C=O)c1nn(C)c2cc(C3CCC(CC[C@@H]4C=C(c5ccc(O)c(N6CC(=O)NS6)c5F)CN4)CC3)ccc12. The first-order chi connectivity index (χ1) is 22.2. The molecule has 6 rings (SSSR count). The average Bonchev–Trinajstić information content (AvgIpc) is 3.79. The Morgan fingerprint density at radius 2 is 2.02 bits per heavy atom. The maximum Gasteiger partial charge on any atom is 0.251 e. The first kappa shape index (κ1) is 32.1. The summed E-state index contributed by atoms with van der Waals surface area (Å²) in [4.78, 5) is 35.3. The van der Waals surface area contributed by atoms with Crippen molar-refractivity contribution in [1.29, 1.82) is 0 Å². The van der Waals surface area contributed by atoms with Crippen LogP contribution in [-0.2, 0) is 21.4 Å². The number of hydrogen-bond acceptors (Lipinski definition) is 8. The molecular formula is C34H41FN6O4S. The molecule has 244 valence electrons. The van der Waals surface area contributed by atoms with Crippen LogP contribution in [0, 0.1) is 11.7 Å². The second-order valence-corrected chi connectivity index (χ2v) is 13.5. The number of hydrogen-bond donors (Lipinski definition) is 4. The van der Waals surface area contributed by atoms with E-state index >= 15 is 4.39 Å². The Morgan fingerprint density at radius 3 is 2.74 bits per heavy atom. The molecule has 4 N–H and O–H groups in total. The van der Waals surface area contributed by atoms with E-state index < -0.39 is 11.7 Å². The number of aromatic nitrogens is 2. The first-order valence-corrected chi connectivity index (χ1v) is 16.8. The van der Waals surface area contributed by atoms with Crippen LogP contribution in [0.3, 0.4) is 0 Å². The van der Waals surface area contributed by atoms with Gasteiger partial charge in [-0.15, -0.1) is 0 Å². The maximum atomic E-state index is 15.5. The molecule has 2 atom stereocenters. The van der Waals surface area contributed by atoms with Gasteiger partial charge >= 0.3 is 0 Å². The van der Waals surface area contributed by atoms with E-state index in [1.54, 1.807) is 13.1 Å². The van der Waals surface area contributed by atoms with Gasteiger partial charge in [0.1, 0.15) is 24.3 Å². The summed E-state index contributed by atoms with van der Waals surface area (Å²) < 4.78 is 21.4. The fraction of sp³-hybridized carbons (Fsp3) is 0.471. The highest BCUT2D eigenvalue weighted by molar-refractivity contribution is 7.99. The summed E-state index contributed by atoms with van der Waals surface area (Å²) in [7, 11) is 3.51. The van der Waals surface area contributed by atoms with Crippen molar-refractivity contribution in [1.82, 2.24) is 25.1 Å². The molecule has 1 unspecified atom stereocenters. The molecule has 12 heteroatoms. The monoisotopic (exact) mass is 648 g/mol. The van der Waals surface area contributed by atoms with Gasteiger partial charge in [0.15, 0.2) is 5.82 Å². The first-order valence-electron chi connectivity index (χ1n) is 16.1. The van der Waals surface area contributed by atoms with Crippen LogP contribution in [0.15, 0.2) is 36.4 Å². The van der Waals surface area contributed by atoms with E-state index in [0.717, 1.165) is 79.1 Å². The van der Waals surface area contributed by atoms with Gasteiger partial charge in [0.25, 0.3) is 5.91 Å². The summed E-state index contributed by atoms with van der Waals surface area (Å²) in [5.41, 5.74) is 4.41. The number of rotatable bonds is 11. The summed E-state index contributed by atoms with van der Waals surface area (Å²) in [6.07, 6.45) is 10.4. The van der Waals surface area contributed by atoms with Gasteiger partial charge in [-0.25, -0.2) is 4.39 Å². The second kappa shape index (κ2) is 13.8. The minimum atomic E-state index is -0.513. The summed E-state index contributed by atoms with van der Waals surface area (Å²) in [5, 5.41) is 22.1. The van der Waals surface area contributed by atoms with E-state index in [4.69, 9.17) is 0 Å². The Balaban J connectivity index is 1.04. The Bertz CT molecular complexity index is 1670. The molecular weight excluding hydrogens is 607 g/mol. The third-order valence-electron chi connectivity index (χ3n) is 9.79. The Kier molecular flexibility index (Phi) is 9.65. The van der Waals surface area contributed by atoms with Gasteiger partial charge in [-0.1, -0.05) is 18.2 Å². The lowest BCUT2D eigenvalue weighted by atomic mass is 9.76. The van der Waals surface area contributed by atoms with Gasteiger partial charge in [0.05, 0.1) is 29.3 Å². The number of aromatic hydroxyl groups is 1. The quantitative estimate of drug-likeness (QED) is 0.172. The zero-order valence-corrected chi connectivity index (χ0v) is 27.0. The lowest BCUT2D eigenvalue weighted by Gasteiger charge is -2.29. The third-order valence-corrected chi connectivity index (χ3v) is 10.6. The molecule has 1 saturated heterocycles. The number of nitrogens with zero attached hydrogens (tertiary/aromatic N) is 3. The second-order valence-electron chi connectivity index (χ2n) is 12.7. The standard InChI is InChI=1S/C34H41FN6O4S/c1-36-30(44)14-9-23(19-42)33-27-11-8-22(16-28(27)40(2)38-33)21-6-3-20(4-7-21)5-10-25-15-24(17-37-25)26-12-13-29(43)34(32(26)35)41-18-31(45)39-46-41/h8,11-13,15-16,19-21,23,25,37,43H,3-7,9-10,14,17-18H2,1-2H3,(H,36,44)(H,39,45)/t20?,21?,23?,25-/m1/s1. The van der Waals surface area contributed by atoms with Crippen molar-refractivity contribution in [3.63, 3.8) is 0 Å². The molecule has 2 aliphatic heterocycles. The number of amides is 2. The van der Waals surface area contributed by atoms with Gasteiger partial charge in [0, 0.05) is 44.1 Å². The minimum Gasteiger partial charge on any atom is -0.506 e. The molecule has 1 aliphatic carbocycles. The van der Waals surface area contributed by atoms with Gasteiger partial charge in [-0.3, -0.25) is 23.3 Å². The fourth-order valence-corrected chi connectivity index (χ4v) is 7.87. The van der Waals surface area contributed by atoms with E-state index in [1.807, 2.05) is 11.7 Å². The molecule has 3 aromatic rings. The summed E-state index contributed by atoms with van der Waals surface area (Å²) in [6.45, 7) is 0.547. The summed E-state index contributed by atoms with van der Waals surface area (Å²) >= 11 is 0.985. The molecule has 0 radical (unpaired) electrons. The van der Waals surface area contributed by atoms with Crippen molar-refractivity contribution in [3.8, 4) is 5.75 Å². The number of carbonyl (C=O) groups is 3. The van der Waals surface area contributed by atoms with Crippen LogP contribution < -0.4 is 19.7 Å². The molecule has 1 aromatic heterocycles. The zero-order chi connectivity index (χ0) is 32.4. The Labute approximate surface area is 272 Å². The molecule has 3 aliphatic rings. The largest absolute Gasteiger partial charge is 0.506 e. The van der Waals surface area contributed by atoms with E-state index in [-0.39, 0.29) is 42.3 Å². The number of halogens is 1. The Morgan fingerprint density at radius 1 is 1.22 bits per heavy atom. The molecule has 2 aromatic carbocycles. The van der Waals surface area contributed by atoms with Gasteiger partial charge in [0.2, 0.25) is 5.91 Å². The maximum absolute atomic E-state index is 15.5. The summed E-state index contributed by atoms with van der Waals surface area (Å²) in [5.74, 6) is -0.301.